The quantitative estimate of drug-likeness (QED) is 0.314. The maximum atomic E-state index is 12.4. The van der Waals surface area contributed by atoms with Crippen LogP contribution in [0.1, 0.15) is 27.9 Å². The molecule has 8 heteroatoms. The van der Waals surface area contributed by atoms with Gasteiger partial charge in [0.1, 0.15) is 23.2 Å². The van der Waals surface area contributed by atoms with Gasteiger partial charge in [-0.25, -0.2) is 0 Å². The minimum atomic E-state index is -0.301. The summed E-state index contributed by atoms with van der Waals surface area (Å²) < 4.78 is 10.8. The number of benzene rings is 2. The standard InChI is InChI=1S/C26H29N5O3/c1-33-22-10-9-21(23(16-22)34-2)18-31(24(27)11-8-19-6-4-3-5-7-19)25(28)17-30-26(32)20-12-14-29-15-13-20/h3-7,9-10,12-16,27-28H,8,11,17-18H2,1-2H3,(H,30,32). The third-order valence-corrected chi connectivity index (χ3v) is 5.33. The van der Waals surface area contributed by atoms with E-state index >= 15 is 0 Å². The summed E-state index contributed by atoms with van der Waals surface area (Å²) in [7, 11) is 3.16. The average Bonchev–Trinajstić information content (AvgIpc) is 2.89. The molecule has 0 atom stereocenters. The van der Waals surface area contributed by atoms with Gasteiger partial charge in [-0.05, 0) is 36.2 Å². The Balaban J connectivity index is 1.75. The number of ether oxygens (including phenoxy) is 2. The fourth-order valence-corrected chi connectivity index (χ4v) is 3.41. The van der Waals surface area contributed by atoms with Gasteiger partial charge in [-0.15, -0.1) is 0 Å². The van der Waals surface area contributed by atoms with E-state index in [4.69, 9.17) is 20.3 Å². The van der Waals surface area contributed by atoms with E-state index in [0.717, 1.165) is 11.1 Å². The van der Waals surface area contributed by atoms with Crippen LogP contribution in [0.5, 0.6) is 11.5 Å². The SMILES string of the molecule is COc1ccc(CN(C(=N)CCc2ccccc2)C(=N)CNC(=O)c2ccncc2)c(OC)c1. The molecule has 0 unspecified atom stereocenters. The number of nitrogens with one attached hydrogen (secondary N) is 3. The molecule has 8 nitrogen and oxygen atoms in total. The minimum Gasteiger partial charge on any atom is -0.497 e. The van der Waals surface area contributed by atoms with E-state index in [9.17, 15) is 4.79 Å². The van der Waals surface area contributed by atoms with Gasteiger partial charge in [-0.3, -0.25) is 20.6 Å². The maximum Gasteiger partial charge on any atom is 0.251 e. The van der Waals surface area contributed by atoms with Gasteiger partial charge in [0.15, 0.2) is 0 Å². The zero-order valence-electron chi connectivity index (χ0n) is 19.4. The molecule has 176 valence electrons. The molecule has 0 saturated carbocycles. The van der Waals surface area contributed by atoms with E-state index < -0.39 is 0 Å². The smallest absolute Gasteiger partial charge is 0.251 e. The molecule has 0 spiro atoms. The molecule has 0 aliphatic carbocycles. The molecule has 0 aliphatic rings. The molecule has 0 fully saturated rings. The van der Waals surface area contributed by atoms with E-state index in [1.807, 2.05) is 42.5 Å². The molecular formula is C26H29N5O3. The van der Waals surface area contributed by atoms with Crippen LogP contribution >= 0.6 is 0 Å². The van der Waals surface area contributed by atoms with Gasteiger partial charge in [0, 0.05) is 36.0 Å². The van der Waals surface area contributed by atoms with E-state index in [0.29, 0.717) is 29.9 Å². The van der Waals surface area contributed by atoms with Crippen molar-refractivity contribution in [2.75, 3.05) is 20.8 Å². The Bertz CT molecular complexity index is 1120. The summed E-state index contributed by atoms with van der Waals surface area (Å²) in [6.45, 7) is 0.234. The number of amidine groups is 2. The van der Waals surface area contributed by atoms with E-state index in [2.05, 4.69) is 10.3 Å². The Morgan fingerprint density at radius 1 is 0.971 bits per heavy atom. The second kappa shape index (κ2) is 12.2. The van der Waals surface area contributed by atoms with Crippen LogP contribution in [0.3, 0.4) is 0 Å². The van der Waals surface area contributed by atoms with Gasteiger partial charge < -0.3 is 19.7 Å². The Morgan fingerprint density at radius 3 is 2.38 bits per heavy atom. The number of aryl methyl sites for hydroxylation is 1. The number of carbonyl (C=O) groups excluding carboxylic acids is 1. The predicted molar refractivity (Wildman–Crippen MR) is 132 cm³/mol. The highest BCUT2D eigenvalue weighted by atomic mass is 16.5. The second-order valence-corrected chi connectivity index (χ2v) is 7.56. The normalized spacial score (nSPS) is 10.3. The third-order valence-electron chi connectivity index (χ3n) is 5.33. The van der Waals surface area contributed by atoms with Crippen molar-refractivity contribution in [3.63, 3.8) is 0 Å². The number of pyridine rings is 1. The van der Waals surface area contributed by atoms with Crippen LogP contribution in [-0.2, 0) is 13.0 Å². The van der Waals surface area contributed by atoms with Crippen LogP contribution in [0.15, 0.2) is 73.1 Å². The van der Waals surface area contributed by atoms with Crippen molar-refractivity contribution in [2.45, 2.75) is 19.4 Å². The summed E-state index contributed by atoms with van der Waals surface area (Å²) in [6.07, 6.45) is 4.21. The Morgan fingerprint density at radius 2 is 1.71 bits per heavy atom. The molecular weight excluding hydrogens is 430 g/mol. The monoisotopic (exact) mass is 459 g/mol. The number of methoxy groups -OCH3 is 2. The van der Waals surface area contributed by atoms with Crippen LogP contribution in [0.4, 0.5) is 0 Å². The number of hydrogen-bond donors (Lipinski definition) is 3. The lowest BCUT2D eigenvalue weighted by Gasteiger charge is -2.27. The number of aromatic nitrogens is 1. The van der Waals surface area contributed by atoms with Crippen molar-refractivity contribution in [3.8, 4) is 11.5 Å². The summed E-state index contributed by atoms with van der Waals surface area (Å²) in [4.78, 5) is 18.0. The molecule has 1 heterocycles. The first-order valence-electron chi connectivity index (χ1n) is 10.9. The molecule has 0 radical (unpaired) electrons. The number of nitrogens with zero attached hydrogens (tertiary/aromatic N) is 2. The van der Waals surface area contributed by atoms with Crippen molar-refractivity contribution in [2.24, 2.45) is 0 Å². The molecule has 1 amide bonds. The number of rotatable bonds is 10. The van der Waals surface area contributed by atoms with Gasteiger partial charge in [-0.1, -0.05) is 30.3 Å². The van der Waals surface area contributed by atoms with Crippen LogP contribution in [-0.4, -0.2) is 48.2 Å². The molecule has 0 saturated heterocycles. The first kappa shape index (κ1) is 24.4. The Hall–Kier alpha value is -4.20. The highest BCUT2D eigenvalue weighted by Gasteiger charge is 2.19. The molecule has 3 rings (SSSR count). The molecule has 2 aromatic carbocycles. The summed E-state index contributed by atoms with van der Waals surface area (Å²) in [5.74, 6) is 1.35. The summed E-state index contributed by atoms with van der Waals surface area (Å²) in [5, 5.41) is 20.2. The highest BCUT2D eigenvalue weighted by Crippen LogP contribution is 2.26. The molecule has 0 aliphatic heterocycles. The topological polar surface area (TPSA) is 111 Å². The molecule has 34 heavy (non-hydrogen) atoms. The summed E-state index contributed by atoms with van der Waals surface area (Å²) >= 11 is 0. The van der Waals surface area contributed by atoms with E-state index in [1.54, 1.807) is 49.7 Å². The van der Waals surface area contributed by atoms with Crippen molar-refractivity contribution in [1.29, 1.82) is 10.8 Å². The molecule has 3 N–H and O–H groups in total. The van der Waals surface area contributed by atoms with E-state index in [1.165, 1.54) is 0 Å². The lowest BCUT2D eigenvalue weighted by atomic mass is 10.1. The van der Waals surface area contributed by atoms with Crippen molar-refractivity contribution in [1.82, 2.24) is 15.2 Å². The van der Waals surface area contributed by atoms with Gasteiger partial charge in [0.25, 0.3) is 5.91 Å². The van der Waals surface area contributed by atoms with Crippen LogP contribution < -0.4 is 14.8 Å². The average molecular weight is 460 g/mol. The number of hydrogen-bond acceptors (Lipinski definition) is 6. The Kier molecular flexibility index (Phi) is 8.73. The van der Waals surface area contributed by atoms with Crippen molar-refractivity contribution < 1.29 is 14.3 Å². The summed E-state index contributed by atoms with van der Waals surface area (Å²) in [6, 6.07) is 18.6. The van der Waals surface area contributed by atoms with Crippen LogP contribution in [0.2, 0.25) is 0 Å². The second-order valence-electron chi connectivity index (χ2n) is 7.56. The zero-order valence-corrected chi connectivity index (χ0v) is 19.4. The molecule has 0 bridgehead atoms. The maximum absolute atomic E-state index is 12.4. The fourth-order valence-electron chi connectivity index (χ4n) is 3.41. The lowest BCUT2D eigenvalue weighted by molar-refractivity contribution is 0.0958. The first-order chi connectivity index (χ1) is 16.5. The van der Waals surface area contributed by atoms with Gasteiger partial charge in [0.05, 0.1) is 27.3 Å². The number of carbonyl (C=O) groups is 1. The van der Waals surface area contributed by atoms with Crippen LogP contribution in [0, 0.1) is 10.8 Å². The predicted octanol–water partition coefficient (Wildman–Crippen LogP) is 3.92. The minimum absolute atomic E-state index is 0.0205. The highest BCUT2D eigenvalue weighted by molar-refractivity contribution is 6.02. The van der Waals surface area contributed by atoms with Crippen molar-refractivity contribution >= 4 is 17.6 Å². The van der Waals surface area contributed by atoms with E-state index in [-0.39, 0.29) is 30.7 Å². The number of amides is 1. The first-order valence-corrected chi connectivity index (χ1v) is 10.9. The van der Waals surface area contributed by atoms with Crippen LogP contribution in [0.25, 0.3) is 0 Å². The lowest BCUT2D eigenvalue weighted by Crippen LogP contribution is -2.42. The van der Waals surface area contributed by atoms with Crippen molar-refractivity contribution in [3.05, 3.63) is 89.7 Å². The molecule has 3 aromatic rings. The van der Waals surface area contributed by atoms with Gasteiger partial charge in [0.2, 0.25) is 0 Å². The third kappa shape index (κ3) is 6.65. The van der Waals surface area contributed by atoms with Gasteiger partial charge >= 0.3 is 0 Å². The summed E-state index contributed by atoms with van der Waals surface area (Å²) in [5.41, 5.74) is 2.38. The molecule has 1 aromatic heterocycles. The fraction of sp³-hybridized carbons (Fsp3) is 0.231. The Labute approximate surface area is 199 Å². The zero-order chi connectivity index (χ0) is 24.3. The van der Waals surface area contributed by atoms with Gasteiger partial charge in [-0.2, -0.15) is 0 Å². The largest absolute Gasteiger partial charge is 0.497 e.